The molecule has 0 aromatic rings. The molecule has 0 radical (unpaired) electrons. The summed E-state index contributed by atoms with van der Waals surface area (Å²) >= 11 is 0. The molecule has 76 valence electrons. The van der Waals surface area contributed by atoms with Crippen LogP contribution in [0.2, 0.25) is 0 Å². The van der Waals surface area contributed by atoms with Gasteiger partial charge in [-0.2, -0.15) is 0 Å². The molecule has 0 aromatic heterocycles. The summed E-state index contributed by atoms with van der Waals surface area (Å²) in [5.74, 6) is 0. The van der Waals surface area contributed by atoms with E-state index in [1.807, 2.05) is 0 Å². The molecule has 4 heteroatoms. The molecular formula is C8H20Cl2N2. The summed E-state index contributed by atoms with van der Waals surface area (Å²) < 4.78 is 0. The number of rotatable bonds is 2. The van der Waals surface area contributed by atoms with Crippen molar-refractivity contribution >= 4 is 24.8 Å². The minimum atomic E-state index is 0. The predicted molar refractivity (Wildman–Crippen MR) is 58.4 cm³/mol. The molecule has 1 fully saturated rings. The Labute approximate surface area is 87.7 Å². The molecule has 0 bridgehead atoms. The third-order valence-electron chi connectivity index (χ3n) is 2.20. The Hall–Kier alpha value is 0.500. The lowest BCUT2D eigenvalue weighted by Crippen LogP contribution is -2.28. The molecule has 1 aliphatic rings. The normalized spacial score (nSPS) is 21.2. The Morgan fingerprint density at radius 1 is 1.33 bits per heavy atom. The van der Waals surface area contributed by atoms with Gasteiger partial charge in [-0.15, -0.1) is 24.8 Å². The zero-order valence-electron chi connectivity index (χ0n) is 7.88. The number of nitrogens with zero attached hydrogens (tertiary/aromatic N) is 1. The van der Waals surface area contributed by atoms with Crippen molar-refractivity contribution in [1.82, 2.24) is 4.90 Å². The molecule has 2 N–H and O–H groups in total. The highest BCUT2D eigenvalue weighted by Crippen LogP contribution is 2.27. The number of likely N-dealkylation sites (tertiary alicyclic amines) is 1. The van der Waals surface area contributed by atoms with E-state index in [9.17, 15) is 0 Å². The van der Waals surface area contributed by atoms with E-state index in [0.29, 0.717) is 5.41 Å². The van der Waals surface area contributed by atoms with E-state index in [-0.39, 0.29) is 24.8 Å². The van der Waals surface area contributed by atoms with Crippen LogP contribution in [0.5, 0.6) is 0 Å². The van der Waals surface area contributed by atoms with Crippen LogP contribution in [0.25, 0.3) is 0 Å². The zero-order chi connectivity index (χ0) is 7.61. The van der Waals surface area contributed by atoms with Gasteiger partial charge in [0.05, 0.1) is 0 Å². The molecular weight excluding hydrogens is 195 g/mol. The molecule has 0 aliphatic carbocycles. The molecule has 0 saturated carbocycles. The Bertz CT molecular complexity index is 118. The number of hydrogen-bond donors (Lipinski definition) is 1. The fraction of sp³-hybridized carbons (Fsp3) is 1.00. The molecule has 2 nitrogen and oxygen atoms in total. The van der Waals surface area contributed by atoms with E-state index in [2.05, 4.69) is 18.7 Å². The smallest absolute Gasteiger partial charge is 0.0105 e. The number of hydrogen-bond acceptors (Lipinski definition) is 2. The molecule has 0 spiro atoms. The molecule has 0 unspecified atom stereocenters. The fourth-order valence-electron chi connectivity index (χ4n) is 1.60. The van der Waals surface area contributed by atoms with Gasteiger partial charge in [0.1, 0.15) is 0 Å². The molecule has 1 heterocycles. The number of nitrogens with two attached hydrogens (primary N) is 1. The second kappa shape index (κ2) is 6.03. The summed E-state index contributed by atoms with van der Waals surface area (Å²) in [6.45, 7) is 8.99. The van der Waals surface area contributed by atoms with Crippen molar-refractivity contribution in [1.29, 1.82) is 0 Å². The van der Waals surface area contributed by atoms with Gasteiger partial charge in [-0.3, -0.25) is 0 Å². The third-order valence-corrected chi connectivity index (χ3v) is 2.20. The van der Waals surface area contributed by atoms with E-state index in [4.69, 9.17) is 5.73 Å². The van der Waals surface area contributed by atoms with E-state index < -0.39 is 0 Å². The van der Waals surface area contributed by atoms with Crippen LogP contribution in [-0.2, 0) is 0 Å². The maximum absolute atomic E-state index is 5.46. The Morgan fingerprint density at radius 3 is 2.25 bits per heavy atom. The van der Waals surface area contributed by atoms with E-state index in [1.54, 1.807) is 0 Å². The second-order valence-corrected chi connectivity index (χ2v) is 3.98. The minimum absolute atomic E-state index is 0. The lowest BCUT2D eigenvalue weighted by atomic mass is 9.93. The molecule has 0 aromatic carbocycles. The van der Waals surface area contributed by atoms with Crippen molar-refractivity contribution in [3.63, 3.8) is 0 Å². The fourth-order valence-corrected chi connectivity index (χ4v) is 1.60. The van der Waals surface area contributed by atoms with Crippen molar-refractivity contribution in [2.24, 2.45) is 11.1 Å². The highest BCUT2D eigenvalue weighted by Gasteiger charge is 2.27. The monoisotopic (exact) mass is 214 g/mol. The van der Waals surface area contributed by atoms with Gasteiger partial charge in [0.15, 0.2) is 0 Å². The molecule has 0 amide bonds. The van der Waals surface area contributed by atoms with Crippen LogP contribution in [0.4, 0.5) is 0 Å². The average molecular weight is 215 g/mol. The zero-order valence-corrected chi connectivity index (χ0v) is 9.51. The SMILES string of the molecule is CC1(C)CCN(CCN)C1.Cl.Cl. The largest absolute Gasteiger partial charge is 0.329 e. The lowest BCUT2D eigenvalue weighted by Gasteiger charge is -2.18. The highest BCUT2D eigenvalue weighted by molar-refractivity contribution is 5.85. The van der Waals surface area contributed by atoms with Crippen molar-refractivity contribution < 1.29 is 0 Å². The van der Waals surface area contributed by atoms with E-state index in [0.717, 1.165) is 13.1 Å². The first kappa shape index (κ1) is 15.0. The Balaban J connectivity index is 0. The van der Waals surface area contributed by atoms with E-state index >= 15 is 0 Å². The van der Waals surface area contributed by atoms with Gasteiger partial charge in [-0.25, -0.2) is 0 Å². The Morgan fingerprint density at radius 2 is 1.92 bits per heavy atom. The van der Waals surface area contributed by atoms with Gasteiger partial charge in [0.25, 0.3) is 0 Å². The summed E-state index contributed by atoms with van der Waals surface area (Å²) in [6, 6.07) is 0. The van der Waals surface area contributed by atoms with Crippen LogP contribution >= 0.6 is 24.8 Å². The summed E-state index contributed by atoms with van der Waals surface area (Å²) in [4.78, 5) is 2.44. The van der Waals surface area contributed by atoms with Gasteiger partial charge in [0.2, 0.25) is 0 Å². The topological polar surface area (TPSA) is 29.3 Å². The second-order valence-electron chi connectivity index (χ2n) is 3.98. The first-order chi connectivity index (χ1) is 4.64. The maximum atomic E-state index is 5.46. The maximum Gasteiger partial charge on any atom is 0.0105 e. The van der Waals surface area contributed by atoms with Crippen molar-refractivity contribution in [3.8, 4) is 0 Å². The minimum Gasteiger partial charge on any atom is -0.329 e. The van der Waals surface area contributed by atoms with Crippen molar-refractivity contribution in [2.75, 3.05) is 26.2 Å². The summed E-state index contributed by atoms with van der Waals surface area (Å²) in [7, 11) is 0. The summed E-state index contributed by atoms with van der Waals surface area (Å²) in [5, 5.41) is 0. The van der Waals surface area contributed by atoms with Gasteiger partial charge in [0, 0.05) is 19.6 Å². The first-order valence-corrected chi connectivity index (χ1v) is 4.06. The molecule has 0 atom stereocenters. The summed E-state index contributed by atoms with van der Waals surface area (Å²) in [5.41, 5.74) is 5.99. The van der Waals surface area contributed by atoms with Gasteiger partial charge in [-0.05, 0) is 18.4 Å². The molecule has 1 rings (SSSR count). The van der Waals surface area contributed by atoms with Crippen molar-refractivity contribution in [3.05, 3.63) is 0 Å². The molecule has 1 saturated heterocycles. The van der Waals surface area contributed by atoms with E-state index in [1.165, 1.54) is 19.5 Å². The van der Waals surface area contributed by atoms with Gasteiger partial charge in [-0.1, -0.05) is 13.8 Å². The highest BCUT2D eigenvalue weighted by atomic mass is 35.5. The van der Waals surface area contributed by atoms with Gasteiger partial charge < -0.3 is 10.6 Å². The first-order valence-electron chi connectivity index (χ1n) is 4.06. The quantitative estimate of drug-likeness (QED) is 0.756. The summed E-state index contributed by atoms with van der Waals surface area (Å²) in [6.07, 6.45) is 1.33. The van der Waals surface area contributed by atoms with Crippen LogP contribution in [0.15, 0.2) is 0 Å². The Kier molecular flexibility index (Phi) is 7.54. The van der Waals surface area contributed by atoms with Crippen LogP contribution in [0.3, 0.4) is 0 Å². The van der Waals surface area contributed by atoms with Crippen LogP contribution < -0.4 is 5.73 Å². The lowest BCUT2D eigenvalue weighted by molar-refractivity contribution is 0.297. The predicted octanol–water partition coefficient (Wildman–Crippen LogP) is 1.52. The molecule has 1 aliphatic heterocycles. The number of halogens is 2. The average Bonchev–Trinajstić information content (AvgIpc) is 2.12. The molecule has 12 heavy (non-hydrogen) atoms. The third kappa shape index (κ3) is 4.51. The standard InChI is InChI=1S/C8H18N2.2ClH/c1-8(2)3-5-10(7-8)6-4-9;;/h3-7,9H2,1-2H3;2*1H. The van der Waals surface area contributed by atoms with Crippen LogP contribution in [0, 0.1) is 5.41 Å². The van der Waals surface area contributed by atoms with Crippen molar-refractivity contribution in [2.45, 2.75) is 20.3 Å². The van der Waals surface area contributed by atoms with Gasteiger partial charge >= 0.3 is 0 Å². The van der Waals surface area contributed by atoms with Crippen LogP contribution in [0.1, 0.15) is 20.3 Å². The van der Waals surface area contributed by atoms with Crippen LogP contribution in [-0.4, -0.2) is 31.1 Å².